The minimum Gasteiger partial charge on any atom is -0.103 e. The van der Waals surface area contributed by atoms with E-state index in [1.165, 1.54) is 64.2 Å². The second kappa shape index (κ2) is 8.40. The third-order valence-corrected chi connectivity index (χ3v) is 9.65. The minimum absolute atomic E-state index is 0.648. The first-order chi connectivity index (χ1) is 12.8. The smallest absolute Gasteiger partial charge is 0.0264 e. The first-order valence-electron chi connectivity index (χ1n) is 12.4. The summed E-state index contributed by atoms with van der Waals surface area (Å²) in [7, 11) is 0. The van der Waals surface area contributed by atoms with E-state index in [0.29, 0.717) is 5.41 Å². The summed E-state index contributed by atoms with van der Waals surface area (Å²) in [5.41, 5.74) is 0.648. The Balaban J connectivity index is 1.60. The van der Waals surface area contributed by atoms with Crippen molar-refractivity contribution in [3.63, 3.8) is 0 Å². The predicted molar refractivity (Wildman–Crippen MR) is 113 cm³/mol. The van der Waals surface area contributed by atoms with Gasteiger partial charge in [0, 0.05) is 0 Å². The van der Waals surface area contributed by atoms with Crippen molar-refractivity contribution < 1.29 is 0 Å². The molecule has 4 saturated carbocycles. The highest BCUT2D eigenvalue weighted by atomic mass is 14.6. The maximum atomic E-state index is 3.96. The van der Waals surface area contributed by atoms with Gasteiger partial charge in [-0.25, -0.2) is 0 Å². The number of unbranched alkanes of at least 4 members (excludes halogenated alkanes) is 2. The van der Waals surface area contributed by atoms with Crippen LogP contribution in [0.5, 0.6) is 0 Å². The van der Waals surface area contributed by atoms with Crippen LogP contribution in [0.2, 0.25) is 0 Å². The van der Waals surface area contributed by atoms with E-state index in [4.69, 9.17) is 0 Å². The van der Waals surface area contributed by atoms with Crippen molar-refractivity contribution in [2.75, 3.05) is 0 Å². The van der Waals surface area contributed by atoms with Gasteiger partial charge in [-0.2, -0.15) is 0 Å². The average molecular weight is 357 g/mol. The van der Waals surface area contributed by atoms with Crippen molar-refractivity contribution in [2.24, 2.45) is 40.9 Å². The van der Waals surface area contributed by atoms with Crippen LogP contribution >= 0.6 is 0 Å². The van der Waals surface area contributed by atoms with E-state index < -0.39 is 0 Å². The second-order valence-electron chi connectivity index (χ2n) is 10.8. The molecule has 148 valence electrons. The largest absolute Gasteiger partial charge is 0.103 e. The number of hydrogen-bond acceptors (Lipinski definition) is 0. The molecule has 0 amide bonds. The number of fused-ring (bicyclic) bond motifs is 3. The van der Waals surface area contributed by atoms with Crippen LogP contribution in [0.25, 0.3) is 0 Å². The van der Waals surface area contributed by atoms with Gasteiger partial charge in [-0.1, -0.05) is 57.9 Å². The van der Waals surface area contributed by atoms with Crippen LogP contribution in [0.15, 0.2) is 12.7 Å². The number of allylic oxidation sites excluding steroid dienone is 1. The fourth-order valence-electron chi connectivity index (χ4n) is 8.65. The summed E-state index contributed by atoms with van der Waals surface area (Å²) in [5.74, 6) is 6.55. The second-order valence-corrected chi connectivity index (χ2v) is 10.8. The molecule has 0 heteroatoms. The summed E-state index contributed by atoms with van der Waals surface area (Å²) in [6, 6.07) is 0. The van der Waals surface area contributed by atoms with E-state index in [2.05, 4.69) is 19.6 Å². The van der Waals surface area contributed by atoms with Gasteiger partial charge in [0.1, 0.15) is 0 Å². The quantitative estimate of drug-likeness (QED) is 0.319. The summed E-state index contributed by atoms with van der Waals surface area (Å²) in [6.45, 7) is 6.75. The van der Waals surface area contributed by atoms with E-state index >= 15 is 0 Å². The molecule has 4 rings (SSSR count). The molecule has 0 spiro atoms. The average Bonchev–Trinajstić information content (AvgIpc) is 3.32. The highest BCUT2D eigenvalue weighted by Crippen LogP contribution is 2.65. The van der Waals surface area contributed by atoms with Gasteiger partial charge in [0.25, 0.3) is 0 Å². The molecular weight excluding hydrogens is 312 g/mol. The molecule has 0 heterocycles. The monoisotopic (exact) mass is 356 g/mol. The molecule has 2 unspecified atom stereocenters. The van der Waals surface area contributed by atoms with E-state index in [0.717, 1.165) is 35.5 Å². The van der Waals surface area contributed by atoms with Gasteiger partial charge in [-0.15, -0.1) is 6.58 Å². The van der Waals surface area contributed by atoms with Crippen molar-refractivity contribution in [3.05, 3.63) is 12.7 Å². The molecule has 4 fully saturated rings. The molecule has 0 radical (unpaired) electrons. The van der Waals surface area contributed by atoms with Crippen LogP contribution in [0.4, 0.5) is 0 Å². The molecule has 6 atom stereocenters. The maximum Gasteiger partial charge on any atom is -0.0264 e. The van der Waals surface area contributed by atoms with Crippen molar-refractivity contribution in [1.82, 2.24) is 0 Å². The minimum atomic E-state index is 0.648. The van der Waals surface area contributed by atoms with Crippen LogP contribution < -0.4 is 0 Å². The summed E-state index contributed by atoms with van der Waals surface area (Å²) in [4.78, 5) is 0. The van der Waals surface area contributed by atoms with Crippen LogP contribution in [-0.4, -0.2) is 0 Å². The lowest BCUT2D eigenvalue weighted by molar-refractivity contribution is 0.00528. The molecule has 0 aromatic carbocycles. The molecule has 26 heavy (non-hydrogen) atoms. The summed E-state index contributed by atoms with van der Waals surface area (Å²) in [5, 5.41) is 0. The van der Waals surface area contributed by atoms with Gasteiger partial charge in [-0.05, 0) is 98.7 Å². The van der Waals surface area contributed by atoms with E-state index in [1.54, 1.807) is 38.5 Å². The standard InChI is InChI=1S/C26H44/c1-3-4-5-12-19-26(2,20-13-6-7-14-20)25-23-17-10-8-15-21(23)22-16-9-11-18-24(22)25/h3,20-25H,1,4-19H2,2H3/t21-,22-,23+,24?,25?,26-/m0/s1. The predicted octanol–water partition coefficient (Wildman–Crippen LogP) is 8.17. The zero-order valence-corrected chi connectivity index (χ0v) is 17.6. The van der Waals surface area contributed by atoms with Crippen LogP contribution in [0, 0.1) is 40.9 Å². The Morgan fingerprint density at radius 1 is 0.731 bits per heavy atom. The molecular formula is C26H44. The van der Waals surface area contributed by atoms with Gasteiger partial charge < -0.3 is 0 Å². The van der Waals surface area contributed by atoms with Gasteiger partial charge in [0.05, 0.1) is 0 Å². The summed E-state index contributed by atoms with van der Waals surface area (Å²) < 4.78 is 0. The van der Waals surface area contributed by atoms with Crippen LogP contribution in [0.3, 0.4) is 0 Å². The lowest BCUT2D eigenvalue weighted by Crippen LogP contribution is -2.41. The zero-order valence-electron chi connectivity index (χ0n) is 17.6. The zero-order chi connectivity index (χ0) is 18.0. The topological polar surface area (TPSA) is 0 Å². The summed E-state index contributed by atoms with van der Waals surface area (Å²) in [6.07, 6.45) is 26.3. The summed E-state index contributed by atoms with van der Waals surface area (Å²) >= 11 is 0. The highest BCUT2D eigenvalue weighted by molar-refractivity contribution is 5.06. The molecule has 0 nitrogen and oxygen atoms in total. The highest BCUT2D eigenvalue weighted by Gasteiger charge is 2.58. The Kier molecular flexibility index (Phi) is 6.16. The van der Waals surface area contributed by atoms with E-state index in [9.17, 15) is 0 Å². The fourth-order valence-corrected chi connectivity index (χ4v) is 8.65. The van der Waals surface area contributed by atoms with Crippen molar-refractivity contribution in [1.29, 1.82) is 0 Å². The fraction of sp³-hybridized carbons (Fsp3) is 0.923. The molecule has 0 aromatic rings. The third kappa shape index (κ3) is 3.44. The molecule has 0 aromatic heterocycles. The molecule has 0 bridgehead atoms. The Morgan fingerprint density at radius 3 is 1.77 bits per heavy atom. The lowest BCUT2D eigenvalue weighted by Gasteiger charge is -2.48. The van der Waals surface area contributed by atoms with Crippen LogP contribution in [-0.2, 0) is 0 Å². The van der Waals surface area contributed by atoms with Gasteiger partial charge in [-0.3, -0.25) is 0 Å². The first kappa shape index (κ1) is 19.1. The number of rotatable bonds is 7. The first-order valence-corrected chi connectivity index (χ1v) is 12.4. The van der Waals surface area contributed by atoms with Crippen molar-refractivity contribution >= 4 is 0 Å². The van der Waals surface area contributed by atoms with Crippen LogP contribution in [0.1, 0.15) is 110 Å². The van der Waals surface area contributed by atoms with Gasteiger partial charge >= 0.3 is 0 Å². The van der Waals surface area contributed by atoms with Gasteiger partial charge in [0.15, 0.2) is 0 Å². The molecule has 0 N–H and O–H groups in total. The van der Waals surface area contributed by atoms with E-state index in [-0.39, 0.29) is 0 Å². The molecule has 4 aliphatic carbocycles. The van der Waals surface area contributed by atoms with Crippen molar-refractivity contribution in [3.8, 4) is 0 Å². The Morgan fingerprint density at radius 2 is 1.23 bits per heavy atom. The molecule has 0 aliphatic heterocycles. The third-order valence-electron chi connectivity index (χ3n) is 9.65. The SMILES string of the molecule is C=CCCCC[C@@](C)(C1CCCC1)C1C2CCCC[C@H]2[C@@H]2CCCC[C@@H]12. The maximum absolute atomic E-state index is 3.96. The number of hydrogen-bond donors (Lipinski definition) is 0. The lowest BCUT2D eigenvalue weighted by atomic mass is 9.57. The molecule has 4 aliphatic rings. The Hall–Kier alpha value is -0.260. The van der Waals surface area contributed by atoms with E-state index in [1.807, 2.05) is 0 Å². The normalized spacial score (nSPS) is 40.0. The Labute approximate surface area is 163 Å². The van der Waals surface area contributed by atoms with Gasteiger partial charge in [0.2, 0.25) is 0 Å². The molecule has 0 saturated heterocycles. The van der Waals surface area contributed by atoms with Crippen molar-refractivity contribution in [2.45, 2.75) is 110 Å². The Bertz CT molecular complexity index is 437.